The predicted molar refractivity (Wildman–Crippen MR) is 66.1 cm³/mol. The molecule has 2 nitrogen and oxygen atoms in total. The van der Waals surface area contributed by atoms with Crippen LogP contribution in [0, 0.1) is 5.92 Å². The van der Waals surface area contributed by atoms with E-state index in [-0.39, 0.29) is 5.78 Å². The number of thioether (sulfide) groups is 1. The highest BCUT2D eigenvalue weighted by molar-refractivity contribution is 7.99. The van der Waals surface area contributed by atoms with Crippen LogP contribution < -0.4 is 0 Å². The first-order chi connectivity index (χ1) is 7.75. The molecule has 1 saturated heterocycles. The minimum atomic E-state index is 0.126. The molecule has 86 valence electrons. The Morgan fingerprint density at radius 1 is 1.44 bits per heavy atom. The fourth-order valence-corrected chi connectivity index (χ4v) is 2.73. The topological polar surface area (TPSA) is 26.3 Å². The largest absolute Gasteiger partial charge is 0.381 e. The van der Waals surface area contributed by atoms with Gasteiger partial charge in [-0.15, -0.1) is 11.8 Å². The molecule has 0 spiro atoms. The summed E-state index contributed by atoms with van der Waals surface area (Å²) in [7, 11) is 0. The number of ether oxygens (including phenoxy) is 1. The fraction of sp³-hybridized carbons (Fsp3) is 0.462. The van der Waals surface area contributed by atoms with Crippen LogP contribution in [0.4, 0.5) is 0 Å². The van der Waals surface area contributed by atoms with E-state index in [2.05, 4.69) is 0 Å². The van der Waals surface area contributed by atoms with Crippen LogP contribution in [0.2, 0.25) is 0 Å². The van der Waals surface area contributed by atoms with Crippen molar-refractivity contribution >= 4 is 17.5 Å². The van der Waals surface area contributed by atoms with Crippen molar-refractivity contribution < 1.29 is 9.53 Å². The van der Waals surface area contributed by atoms with Crippen molar-refractivity contribution in [3.05, 3.63) is 29.8 Å². The first kappa shape index (κ1) is 11.7. The molecule has 1 unspecified atom stereocenters. The number of hydrogen-bond acceptors (Lipinski definition) is 3. The molecule has 1 aliphatic rings. The van der Waals surface area contributed by atoms with Crippen molar-refractivity contribution in [3.63, 3.8) is 0 Å². The molecule has 1 heterocycles. The second kappa shape index (κ2) is 5.51. The van der Waals surface area contributed by atoms with Crippen molar-refractivity contribution in [3.8, 4) is 0 Å². The Balaban J connectivity index is 1.87. The van der Waals surface area contributed by atoms with E-state index in [0.717, 1.165) is 24.5 Å². The fourth-order valence-electron chi connectivity index (χ4n) is 1.71. The SMILES string of the molecule is CC(=O)c1ccc(SCC2CCOC2)cc1. The predicted octanol–water partition coefficient (Wildman–Crippen LogP) is 3.02. The molecular formula is C13H16O2S. The van der Waals surface area contributed by atoms with E-state index in [9.17, 15) is 4.79 Å². The molecule has 1 fully saturated rings. The van der Waals surface area contributed by atoms with Gasteiger partial charge >= 0.3 is 0 Å². The summed E-state index contributed by atoms with van der Waals surface area (Å²) in [5.41, 5.74) is 0.786. The van der Waals surface area contributed by atoms with Crippen molar-refractivity contribution in [2.75, 3.05) is 19.0 Å². The first-order valence-electron chi connectivity index (χ1n) is 5.57. The minimum Gasteiger partial charge on any atom is -0.381 e. The average molecular weight is 236 g/mol. The first-order valence-corrected chi connectivity index (χ1v) is 6.56. The van der Waals surface area contributed by atoms with Crippen LogP contribution in [-0.2, 0) is 4.74 Å². The zero-order valence-corrected chi connectivity index (χ0v) is 10.3. The monoisotopic (exact) mass is 236 g/mol. The second-order valence-corrected chi connectivity index (χ2v) is 5.21. The lowest BCUT2D eigenvalue weighted by Gasteiger charge is -2.06. The molecule has 0 N–H and O–H groups in total. The summed E-state index contributed by atoms with van der Waals surface area (Å²) in [5.74, 6) is 1.93. The van der Waals surface area contributed by atoms with Gasteiger partial charge in [0, 0.05) is 22.8 Å². The van der Waals surface area contributed by atoms with Gasteiger partial charge in [-0.05, 0) is 31.4 Å². The number of hydrogen-bond donors (Lipinski definition) is 0. The van der Waals surface area contributed by atoms with Crippen LogP contribution in [0.25, 0.3) is 0 Å². The highest BCUT2D eigenvalue weighted by Gasteiger charge is 2.15. The Morgan fingerprint density at radius 2 is 2.19 bits per heavy atom. The van der Waals surface area contributed by atoms with E-state index in [1.807, 2.05) is 36.0 Å². The molecule has 0 aliphatic carbocycles. The van der Waals surface area contributed by atoms with Crippen molar-refractivity contribution in [2.45, 2.75) is 18.2 Å². The number of Topliss-reactive ketones (excluding diaryl/α,β-unsaturated/α-hetero) is 1. The quantitative estimate of drug-likeness (QED) is 0.594. The van der Waals surface area contributed by atoms with E-state index >= 15 is 0 Å². The average Bonchev–Trinajstić information content (AvgIpc) is 2.80. The summed E-state index contributed by atoms with van der Waals surface area (Å²) >= 11 is 1.85. The lowest BCUT2D eigenvalue weighted by molar-refractivity contribution is 0.101. The molecule has 1 aromatic rings. The second-order valence-electron chi connectivity index (χ2n) is 4.12. The number of ketones is 1. The van der Waals surface area contributed by atoms with Crippen LogP contribution >= 0.6 is 11.8 Å². The highest BCUT2D eigenvalue weighted by atomic mass is 32.2. The van der Waals surface area contributed by atoms with Crippen LogP contribution in [0.1, 0.15) is 23.7 Å². The molecule has 1 atom stereocenters. The van der Waals surface area contributed by atoms with Gasteiger partial charge in [0.15, 0.2) is 5.78 Å². The molecule has 0 radical (unpaired) electrons. The van der Waals surface area contributed by atoms with Crippen LogP contribution in [0.5, 0.6) is 0 Å². The van der Waals surface area contributed by atoms with Crippen molar-refractivity contribution in [1.29, 1.82) is 0 Å². The van der Waals surface area contributed by atoms with Crippen LogP contribution in [-0.4, -0.2) is 24.7 Å². The molecule has 0 saturated carbocycles. The minimum absolute atomic E-state index is 0.126. The standard InChI is InChI=1S/C13H16O2S/c1-10(14)12-2-4-13(5-3-12)16-9-11-6-7-15-8-11/h2-5,11H,6-9H2,1H3. The maximum absolute atomic E-state index is 11.1. The smallest absolute Gasteiger partial charge is 0.159 e. The van der Waals surface area contributed by atoms with E-state index < -0.39 is 0 Å². The number of benzene rings is 1. The van der Waals surface area contributed by atoms with Gasteiger partial charge in [0.05, 0.1) is 6.61 Å². The lowest BCUT2D eigenvalue weighted by atomic mass is 10.1. The summed E-state index contributed by atoms with van der Waals surface area (Å²) < 4.78 is 5.34. The van der Waals surface area contributed by atoms with E-state index in [0.29, 0.717) is 5.92 Å². The molecule has 16 heavy (non-hydrogen) atoms. The molecule has 1 aliphatic heterocycles. The number of carbonyl (C=O) groups is 1. The summed E-state index contributed by atoms with van der Waals surface area (Å²) in [6.07, 6.45) is 1.18. The van der Waals surface area contributed by atoms with Gasteiger partial charge in [-0.1, -0.05) is 12.1 Å². The summed E-state index contributed by atoms with van der Waals surface area (Å²) in [4.78, 5) is 12.3. The van der Waals surface area contributed by atoms with E-state index in [4.69, 9.17) is 4.74 Å². The zero-order valence-electron chi connectivity index (χ0n) is 9.44. The van der Waals surface area contributed by atoms with Gasteiger partial charge in [0.25, 0.3) is 0 Å². The van der Waals surface area contributed by atoms with E-state index in [1.54, 1.807) is 6.92 Å². The van der Waals surface area contributed by atoms with Crippen molar-refractivity contribution in [1.82, 2.24) is 0 Å². The Kier molecular flexibility index (Phi) is 4.02. The third kappa shape index (κ3) is 3.09. The molecule has 1 aromatic carbocycles. The Labute approximate surface area is 100 Å². The van der Waals surface area contributed by atoms with Gasteiger partial charge in [0.2, 0.25) is 0 Å². The van der Waals surface area contributed by atoms with Gasteiger partial charge in [0.1, 0.15) is 0 Å². The number of rotatable bonds is 4. The van der Waals surface area contributed by atoms with Crippen LogP contribution in [0.15, 0.2) is 29.2 Å². The maximum atomic E-state index is 11.1. The zero-order chi connectivity index (χ0) is 11.4. The number of carbonyl (C=O) groups excluding carboxylic acids is 1. The third-order valence-electron chi connectivity index (χ3n) is 2.77. The molecule has 3 heteroatoms. The molecule has 0 amide bonds. The highest BCUT2D eigenvalue weighted by Crippen LogP contribution is 2.25. The van der Waals surface area contributed by atoms with Crippen LogP contribution in [0.3, 0.4) is 0 Å². The van der Waals surface area contributed by atoms with Gasteiger partial charge in [-0.3, -0.25) is 4.79 Å². The molecule has 2 rings (SSSR count). The van der Waals surface area contributed by atoms with Gasteiger partial charge < -0.3 is 4.74 Å². The maximum Gasteiger partial charge on any atom is 0.159 e. The summed E-state index contributed by atoms with van der Waals surface area (Å²) in [6, 6.07) is 7.85. The third-order valence-corrected chi connectivity index (χ3v) is 4.01. The Morgan fingerprint density at radius 3 is 2.75 bits per heavy atom. The Hall–Kier alpha value is -0.800. The molecule has 0 aromatic heterocycles. The van der Waals surface area contributed by atoms with Gasteiger partial charge in [-0.2, -0.15) is 0 Å². The van der Waals surface area contributed by atoms with Crippen molar-refractivity contribution in [2.24, 2.45) is 5.92 Å². The van der Waals surface area contributed by atoms with Gasteiger partial charge in [-0.25, -0.2) is 0 Å². The molecule has 0 bridgehead atoms. The summed E-state index contributed by atoms with van der Waals surface area (Å²) in [6.45, 7) is 3.41. The molecular weight excluding hydrogens is 220 g/mol. The van der Waals surface area contributed by atoms with E-state index in [1.165, 1.54) is 11.3 Å². The summed E-state index contributed by atoms with van der Waals surface area (Å²) in [5, 5.41) is 0. The normalized spacial score (nSPS) is 19.9. The Bertz CT molecular complexity index is 353. The lowest BCUT2D eigenvalue weighted by Crippen LogP contribution is -2.01.